The van der Waals surface area contributed by atoms with Crippen molar-refractivity contribution in [3.8, 4) is 6.07 Å². The van der Waals surface area contributed by atoms with Crippen LogP contribution in [-0.2, 0) is 19.8 Å². The maximum atomic E-state index is 12.6. The number of hydrogen-bond donors (Lipinski definition) is 1. The largest absolute Gasteiger partial charge is 0.416 e. The number of alkyl halides is 3. The smallest absolute Gasteiger partial charge is 0.381 e. The Labute approximate surface area is 114 Å². The zero-order valence-electron chi connectivity index (χ0n) is 10.7. The van der Waals surface area contributed by atoms with E-state index in [4.69, 9.17) is 5.26 Å². The Morgan fingerprint density at radius 1 is 1.30 bits per heavy atom. The first kappa shape index (κ1) is 14.0. The Hall–Kier alpha value is -2.42. The van der Waals surface area contributed by atoms with Crippen LogP contribution >= 0.6 is 0 Å². The quantitative estimate of drug-likeness (QED) is 0.933. The first-order valence-corrected chi connectivity index (χ1v) is 5.86. The highest BCUT2D eigenvalue weighted by molar-refractivity contribution is 5.47. The lowest BCUT2D eigenvalue weighted by Gasteiger charge is -2.10. The second-order valence-electron chi connectivity index (χ2n) is 4.39. The molecule has 1 heterocycles. The molecule has 0 saturated heterocycles. The van der Waals surface area contributed by atoms with Gasteiger partial charge in [-0.1, -0.05) is 6.07 Å². The van der Waals surface area contributed by atoms with Crippen LogP contribution in [-0.4, -0.2) is 4.57 Å². The van der Waals surface area contributed by atoms with Crippen molar-refractivity contribution in [1.82, 2.24) is 4.57 Å². The van der Waals surface area contributed by atoms with Crippen molar-refractivity contribution >= 4 is 5.69 Å². The minimum Gasteiger partial charge on any atom is -0.381 e. The summed E-state index contributed by atoms with van der Waals surface area (Å²) in [6.07, 6.45) is -2.59. The molecule has 2 rings (SSSR count). The Bertz CT molecular complexity index is 650. The SMILES string of the molecule is Cn1cc(CNc2cccc(C(F)(F)F)c2)cc1C#N. The summed E-state index contributed by atoms with van der Waals surface area (Å²) >= 11 is 0. The molecule has 0 fully saturated rings. The van der Waals surface area contributed by atoms with Crippen LogP contribution in [0.3, 0.4) is 0 Å². The number of benzene rings is 1. The summed E-state index contributed by atoms with van der Waals surface area (Å²) in [5, 5.41) is 11.7. The maximum Gasteiger partial charge on any atom is 0.416 e. The molecular weight excluding hydrogens is 267 g/mol. The third-order valence-electron chi connectivity index (χ3n) is 2.86. The molecule has 0 spiro atoms. The normalized spacial score (nSPS) is 11.2. The molecule has 0 aliphatic heterocycles. The number of nitrogens with zero attached hydrogens (tertiary/aromatic N) is 2. The molecule has 3 nitrogen and oxygen atoms in total. The molecule has 0 bridgehead atoms. The van der Waals surface area contributed by atoms with Crippen molar-refractivity contribution < 1.29 is 13.2 Å². The number of nitriles is 1. The number of aromatic nitrogens is 1. The number of anilines is 1. The van der Waals surface area contributed by atoms with E-state index in [1.165, 1.54) is 6.07 Å². The van der Waals surface area contributed by atoms with Gasteiger partial charge in [0.25, 0.3) is 0 Å². The van der Waals surface area contributed by atoms with Gasteiger partial charge < -0.3 is 9.88 Å². The molecule has 0 amide bonds. The number of aryl methyl sites for hydroxylation is 1. The average molecular weight is 279 g/mol. The van der Waals surface area contributed by atoms with Gasteiger partial charge in [-0.2, -0.15) is 18.4 Å². The fourth-order valence-electron chi connectivity index (χ4n) is 1.85. The Morgan fingerprint density at radius 3 is 2.65 bits per heavy atom. The fraction of sp³-hybridized carbons (Fsp3) is 0.214. The minimum absolute atomic E-state index is 0.358. The topological polar surface area (TPSA) is 40.8 Å². The zero-order valence-corrected chi connectivity index (χ0v) is 10.7. The van der Waals surface area contributed by atoms with Crippen LogP contribution in [0.25, 0.3) is 0 Å². The van der Waals surface area contributed by atoms with E-state index >= 15 is 0 Å². The summed E-state index contributed by atoms with van der Waals surface area (Å²) in [7, 11) is 1.74. The summed E-state index contributed by atoms with van der Waals surface area (Å²) in [5.41, 5.74) is 1.04. The molecule has 1 aromatic heterocycles. The lowest BCUT2D eigenvalue weighted by Crippen LogP contribution is -2.06. The molecule has 0 atom stereocenters. The van der Waals surface area contributed by atoms with Gasteiger partial charge in [-0.05, 0) is 29.8 Å². The predicted octanol–water partition coefficient (Wildman–Crippen LogP) is 3.53. The van der Waals surface area contributed by atoms with Gasteiger partial charge >= 0.3 is 6.18 Å². The van der Waals surface area contributed by atoms with E-state index in [2.05, 4.69) is 5.32 Å². The zero-order chi connectivity index (χ0) is 14.8. The summed E-state index contributed by atoms with van der Waals surface area (Å²) < 4.78 is 39.4. The number of nitrogens with one attached hydrogen (secondary N) is 1. The first-order chi connectivity index (χ1) is 9.40. The van der Waals surface area contributed by atoms with E-state index in [0.717, 1.165) is 17.7 Å². The van der Waals surface area contributed by atoms with E-state index in [0.29, 0.717) is 17.9 Å². The molecule has 1 aromatic carbocycles. The van der Waals surface area contributed by atoms with Crippen LogP contribution in [0.5, 0.6) is 0 Å². The Kier molecular flexibility index (Phi) is 3.70. The lowest BCUT2D eigenvalue weighted by molar-refractivity contribution is -0.137. The average Bonchev–Trinajstić information content (AvgIpc) is 2.76. The molecule has 20 heavy (non-hydrogen) atoms. The van der Waals surface area contributed by atoms with Gasteiger partial charge in [0.2, 0.25) is 0 Å². The van der Waals surface area contributed by atoms with E-state index < -0.39 is 11.7 Å². The molecule has 2 aromatic rings. The molecule has 104 valence electrons. The van der Waals surface area contributed by atoms with Gasteiger partial charge in [-0.3, -0.25) is 0 Å². The second-order valence-corrected chi connectivity index (χ2v) is 4.39. The van der Waals surface area contributed by atoms with Gasteiger partial charge in [0.1, 0.15) is 11.8 Å². The third kappa shape index (κ3) is 3.12. The van der Waals surface area contributed by atoms with Crippen LogP contribution in [0, 0.1) is 11.3 Å². The molecule has 0 aliphatic rings. The van der Waals surface area contributed by atoms with Crippen LogP contribution in [0.4, 0.5) is 18.9 Å². The molecule has 0 saturated carbocycles. The highest BCUT2D eigenvalue weighted by Crippen LogP contribution is 2.30. The van der Waals surface area contributed by atoms with E-state index in [1.807, 2.05) is 6.07 Å². The Morgan fingerprint density at radius 2 is 2.05 bits per heavy atom. The molecule has 6 heteroatoms. The van der Waals surface area contributed by atoms with Gasteiger partial charge in [-0.25, -0.2) is 0 Å². The van der Waals surface area contributed by atoms with Crippen LogP contribution in [0.15, 0.2) is 36.5 Å². The summed E-state index contributed by atoms with van der Waals surface area (Å²) in [5.74, 6) is 0. The summed E-state index contributed by atoms with van der Waals surface area (Å²) in [4.78, 5) is 0. The number of rotatable bonds is 3. The third-order valence-corrected chi connectivity index (χ3v) is 2.86. The molecule has 1 N–H and O–H groups in total. The highest BCUT2D eigenvalue weighted by atomic mass is 19.4. The number of hydrogen-bond acceptors (Lipinski definition) is 2. The van der Waals surface area contributed by atoms with Crippen molar-refractivity contribution in [2.75, 3.05) is 5.32 Å². The van der Waals surface area contributed by atoms with Gasteiger partial charge in [0.05, 0.1) is 5.56 Å². The van der Waals surface area contributed by atoms with Gasteiger partial charge in [0, 0.05) is 25.5 Å². The van der Waals surface area contributed by atoms with E-state index in [1.54, 1.807) is 29.9 Å². The fourth-order valence-corrected chi connectivity index (χ4v) is 1.85. The predicted molar refractivity (Wildman–Crippen MR) is 68.9 cm³/mol. The van der Waals surface area contributed by atoms with Crippen molar-refractivity contribution in [1.29, 1.82) is 5.26 Å². The monoisotopic (exact) mass is 279 g/mol. The first-order valence-electron chi connectivity index (χ1n) is 5.86. The Balaban J connectivity index is 2.09. The second kappa shape index (κ2) is 5.29. The van der Waals surface area contributed by atoms with Crippen LogP contribution in [0.1, 0.15) is 16.8 Å². The lowest BCUT2D eigenvalue weighted by atomic mass is 10.2. The van der Waals surface area contributed by atoms with Gasteiger partial charge in [0.15, 0.2) is 0 Å². The van der Waals surface area contributed by atoms with E-state index in [9.17, 15) is 13.2 Å². The van der Waals surface area contributed by atoms with Crippen molar-refractivity contribution in [3.05, 3.63) is 53.3 Å². The number of halogens is 3. The molecule has 0 radical (unpaired) electrons. The molecule has 0 aliphatic carbocycles. The molecule has 0 unspecified atom stereocenters. The van der Waals surface area contributed by atoms with Crippen LogP contribution in [0.2, 0.25) is 0 Å². The minimum atomic E-state index is -4.35. The van der Waals surface area contributed by atoms with Crippen molar-refractivity contribution in [2.45, 2.75) is 12.7 Å². The molecular formula is C14H12F3N3. The van der Waals surface area contributed by atoms with Crippen molar-refractivity contribution in [3.63, 3.8) is 0 Å². The summed E-state index contributed by atoms with van der Waals surface area (Å²) in [6, 6.07) is 8.75. The maximum absolute atomic E-state index is 12.6. The van der Waals surface area contributed by atoms with E-state index in [-0.39, 0.29) is 0 Å². The standard InChI is InChI=1S/C14H12F3N3/c1-20-9-10(5-13(20)7-18)8-19-12-4-2-3-11(6-12)14(15,16)17/h2-6,9,19H,8H2,1H3. The van der Waals surface area contributed by atoms with Crippen LogP contribution < -0.4 is 5.32 Å². The highest BCUT2D eigenvalue weighted by Gasteiger charge is 2.30. The van der Waals surface area contributed by atoms with Gasteiger partial charge in [-0.15, -0.1) is 0 Å². The summed E-state index contributed by atoms with van der Waals surface area (Å²) in [6.45, 7) is 0.358. The van der Waals surface area contributed by atoms with Crippen molar-refractivity contribution in [2.24, 2.45) is 7.05 Å².